The number of aromatic hydroxyl groups is 2. The number of hydrazone groups is 1. The third kappa shape index (κ3) is 7.33. The Hall–Kier alpha value is -4.85. The minimum Gasteiger partial charge on any atom is -0.504 e. The van der Waals surface area contributed by atoms with Crippen molar-refractivity contribution in [2.75, 3.05) is 14.2 Å². The predicted octanol–water partition coefficient (Wildman–Crippen LogP) is 4.59. The van der Waals surface area contributed by atoms with E-state index in [2.05, 4.69) is 10.5 Å². The van der Waals surface area contributed by atoms with E-state index in [-0.39, 0.29) is 23.7 Å². The van der Waals surface area contributed by atoms with Gasteiger partial charge in [0.1, 0.15) is 0 Å². The van der Waals surface area contributed by atoms with E-state index in [4.69, 9.17) is 9.47 Å². The number of nitrogens with zero attached hydrogens (tertiary/aromatic N) is 1. The number of benzene rings is 3. The first-order chi connectivity index (χ1) is 17.4. The molecule has 0 fully saturated rings. The molecule has 0 bridgehead atoms. The van der Waals surface area contributed by atoms with Crippen LogP contribution in [-0.4, -0.2) is 41.8 Å². The van der Waals surface area contributed by atoms with Crippen LogP contribution in [0.15, 0.2) is 84.0 Å². The number of amides is 1. The van der Waals surface area contributed by atoms with Crippen LogP contribution in [0.5, 0.6) is 23.0 Å². The minimum absolute atomic E-state index is 0.000511. The maximum atomic E-state index is 12.7. The smallest absolute Gasteiger partial charge is 0.271 e. The van der Waals surface area contributed by atoms with Crippen LogP contribution < -0.4 is 14.9 Å². The van der Waals surface area contributed by atoms with Crippen molar-refractivity contribution in [3.8, 4) is 23.0 Å². The topological polar surface area (TPSA) is 117 Å². The standard InChI is InChI=1S/C28H26N2O6/c1-35-26-16-19(10-14-24(26)32)8-12-22(29-30-28(34)21-6-4-3-5-7-21)18-23(31)13-9-20-11-15-25(33)27(17-20)36-2/h3-17,32-33H,18H2,1-2H3,(H,30,34). The third-order valence-corrected chi connectivity index (χ3v) is 5.03. The van der Waals surface area contributed by atoms with E-state index in [1.807, 2.05) is 0 Å². The van der Waals surface area contributed by atoms with Crippen molar-refractivity contribution in [2.24, 2.45) is 5.10 Å². The number of methoxy groups -OCH3 is 2. The van der Waals surface area contributed by atoms with Gasteiger partial charge in [0, 0.05) is 5.56 Å². The molecule has 0 aliphatic carbocycles. The monoisotopic (exact) mass is 486 g/mol. The Kier molecular flexibility index (Phi) is 9.00. The molecule has 0 saturated heterocycles. The van der Waals surface area contributed by atoms with E-state index in [1.165, 1.54) is 32.4 Å². The molecule has 0 aliphatic rings. The predicted molar refractivity (Wildman–Crippen MR) is 138 cm³/mol. The van der Waals surface area contributed by atoms with Crippen LogP contribution in [0.25, 0.3) is 12.2 Å². The Balaban J connectivity index is 1.79. The normalized spacial score (nSPS) is 11.6. The lowest BCUT2D eigenvalue weighted by Crippen LogP contribution is -2.20. The number of ketones is 1. The van der Waals surface area contributed by atoms with Crippen LogP contribution in [0.4, 0.5) is 0 Å². The fourth-order valence-electron chi connectivity index (χ4n) is 3.13. The lowest BCUT2D eigenvalue weighted by atomic mass is 10.1. The molecule has 8 nitrogen and oxygen atoms in total. The second kappa shape index (κ2) is 12.6. The number of phenolic OH excluding ortho intramolecular Hbond substituents is 2. The van der Waals surface area contributed by atoms with Gasteiger partial charge in [-0.1, -0.05) is 42.5 Å². The van der Waals surface area contributed by atoms with Gasteiger partial charge in [-0.05, 0) is 59.7 Å². The Morgan fingerprint density at radius 1 is 0.833 bits per heavy atom. The molecular formula is C28H26N2O6. The maximum Gasteiger partial charge on any atom is 0.271 e. The molecule has 8 heteroatoms. The molecule has 0 radical (unpaired) electrons. The average Bonchev–Trinajstić information content (AvgIpc) is 2.90. The zero-order chi connectivity index (χ0) is 25.9. The van der Waals surface area contributed by atoms with Crippen LogP contribution in [-0.2, 0) is 4.79 Å². The van der Waals surface area contributed by atoms with Gasteiger partial charge >= 0.3 is 0 Å². The number of carbonyl (C=O) groups excluding carboxylic acids is 2. The van der Waals surface area contributed by atoms with Gasteiger partial charge in [0.2, 0.25) is 0 Å². The summed E-state index contributed by atoms with van der Waals surface area (Å²) in [6.07, 6.45) is 6.19. The molecule has 3 aromatic rings. The van der Waals surface area contributed by atoms with Crippen LogP contribution in [0.1, 0.15) is 27.9 Å². The number of hydrogen-bond donors (Lipinski definition) is 3. The molecule has 0 atom stereocenters. The van der Waals surface area contributed by atoms with E-state index in [0.29, 0.717) is 33.9 Å². The zero-order valence-electron chi connectivity index (χ0n) is 19.8. The number of phenols is 2. The molecule has 3 rings (SSSR count). The average molecular weight is 487 g/mol. The van der Waals surface area contributed by atoms with Crippen molar-refractivity contribution in [1.29, 1.82) is 0 Å². The summed E-state index contributed by atoms with van der Waals surface area (Å²) in [7, 11) is 2.89. The number of carbonyl (C=O) groups is 2. The highest BCUT2D eigenvalue weighted by atomic mass is 16.5. The first kappa shape index (κ1) is 25.8. The molecule has 0 spiro atoms. The van der Waals surface area contributed by atoms with E-state index in [1.54, 1.807) is 72.8 Å². The molecule has 0 aliphatic heterocycles. The molecule has 184 valence electrons. The molecule has 36 heavy (non-hydrogen) atoms. The highest BCUT2D eigenvalue weighted by Gasteiger charge is 2.08. The van der Waals surface area contributed by atoms with Crippen LogP contribution >= 0.6 is 0 Å². The highest BCUT2D eigenvalue weighted by molar-refractivity contribution is 6.13. The molecule has 0 aromatic heterocycles. The summed E-state index contributed by atoms with van der Waals surface area (Å²) in [5, 5.41) is 23.7. The van der Waals surface area contributed by atoms with E-state index in [0.717, 1.165) is 0 Å². The van der Waals surface area contributed by atoms with Crippen LogP contribution in [0.2, 0.25) is 0 Å². The first-order valence-corrected chi connectivity index (χ1v) is 10.9. The molecular weight excluding hydrogens is 460 g/mol. The van der Waals surface area contributed by atoms with Gasteiger partial charge in [-0.25, -0.2) is 5.43 Å². The summed E-state index contributed by atoms with van der Waals surface area (Å²) in [6.45, 7) is 0. The summed E-state index contributed by atoms with van der Waals surface area (Å²) in [4.78, 5) is 25.1. The van der Waals surface area contributed by atoms with Crippen LogP contribution in [0, 0.1) is 0 Å². The number of hydrogen-bond acceptors (Lipinski definition) is 7. The molecule has 3 N–H and O–H groups in total. The van der Waals surface area contributed by atoms with Gasteiger partial charge in [-0.2, -0.15) is 5.10 Å². The maximum absolute atomic E-state index is 12.7. The fourth-order valence-corrected chi connectivity index (χ4v) is 3.13. The molecule has 0 saturated carbocycles. The van der Waals surface area contributed by atoms with Gasteiger partial charge in [0.15, 0.2) is 28.8 Å². The van der Waals surface area contributed by atoms with Crippen molar-refractivity contribution < 1.29 is 29.3 Å². The van der Waals surface area contributed by atoms with E-state index >= 15 is 0 Å². The lowest BCUT2D eigenvalue weighted by Gasteiger charge is -2.05. The summed E-state index contributed by atoms with van der Waals surface area (Å²) < 4.78 is 10.2. The molecule has 1 amide bonds. The van der Waals surface area contributed by atoms with Gasteiger partial charge in [-0.15, -0.1) is 0 Å². The highest BCUT2D eigenvalue weighted by Crippen LogP contribution is 2.27. The van der Waals surface area contributed by atoms with Crippen molar-refractivity contribution in [2.45, 2.75) is 6.42 Å². The van der Waals surface area contributed by atoms with Gasteiger partial charge in [0.05, 0.1) is 26.4 Å². The third-order valence-electron chi connectivity index (χ3n) is 5.03. The SMILES string of the molecule is COc1cc(C=CC(=O)CC(C=Cc2ccc(O)c(OC)c2)=NNC(=O)c2ccccc2)ccc1O. The second-order valence-corrected chi connectivity index (χ2v) is 7.58. The summed E-state index contributed by atoms with van der Waals surface area (Å²) in [5.74, 6) is -0.0702. The number of rotatable bonds is 10. The number of nitrogens with one attached hydrogen (secondary N) is 1. The zero-order valence-corrected chi connectivity index (χ0v) is 19.8. The second-order valence-electron chi connectivity index (χ2n) is 7.58. The van der Waals surface area contributed by atoms with Crippen molar-refractivity contribution in [1.82, 2.24) is 5.43 Å². The van der Waals surface area contributed by atoms with Crippen molar-refractivity contribution in [3.63, 3.8) is 0 Å². The first-order valence-electron chi connectivity index (χ1n) is 10.9. The van der Waals surface area contributed by atoms with Gasteiger partial charge in [-0.3, -0.25) is 9.59 Å². The van der Waals surface area contributed by atoms with Gasteiger partial charge in [0.25, 0.3) is 5.91 Å². The fraction of sp³-hybridized carbons (Fsp3) is 0.107. The Labute approximate surface area is 208 Å². The quantitative estimate of drug-likeness (QED) is 0.219. The Morgan fingerprint density at radius 3 is 1.94 bits per heavy atom. The molecule has 3 aromatic carbocycles. The van der Waals surface area contributed by atoms with E-state index < -0.39 is 5.91 Å². The van der Waals surface area contributed by atoms with Crippen molar-refractivity contribution in [3.05, 3.63) is 95.6 Å². The summed E-state index contributed by atoms with van der Waals surface area (Å²) in [6, 6.07) is 18.1. The minimum atomic E-state index is -0.410. The van der Waals surface area contributed by atoms with Crippen molar-refractivity contribution >= 4 is 29.6 Å². The summed E-state index contributed by atoms with van der Waals surface area (Å²) >= 11 is 0. The van der Waals surface area contributed by atoms with Gasteiger partial charge < -0.3 is 19.7 Å². The molecule has 0 heterocycles. The van der Waals surface area contributed by atoms with Crippen LogP contribution in [0.3, 0.4) is 0 Å². The molecule has 0 unspecified atom stereocenters. The Morgan fingerprint density at radius 2 is 1.39 bits per heavy atom. The number of allylic oxidation sites excluding steroid dienone is 2. The number of ether oxygens (including phenoxy) is 2. The summed E-state index contributed by atoms with van der Waals surface area (Å²) in [5.41, 5.74) is 4.59. The largest absolute Gasteiger partial charge is 0.504 e. The Bertz CT molecular complexity index is 1310. The van der Waals surface area contributed by atoms with E-state index in [9.17, 15) is 19.8 Å². The lowest BCUT2D eigenvalue weighted by molar-refractivity contribution is -0.113.